The molecule has 0 N–H and O–H groups in total. The van der Waals surface area contributed by atoms with Crippen molar-refractivity contribution in [1.82, 2.24) is 4.98 Å². The fourth-order valence-electron chi connectivity index (χ4n) is 1.91. The third-order valence-corrected chi connectivity index (χ3v) is 2.83. The third-order valence-electron chi connectivity index (χ3n) is 2.83. The second-order valence-electron chi connectivity index (χ2n) is 4.04. The smallest absolute Gasteiger partial charge is 0.0708 e. The Morgan fingerprint density at radius 3 is 2.50 bits per heavy atom. The normalized spacial score (nSPS) is 11.1. The molecule has 1 aromatic heterocycles. The molecule has 0 radical (unpaired) electrons. The van der Waals surface area contributed by atoms with Gasteiger partial charge in [-0.25, -0.2) is 0 Å². The molecule has 86 valence electrons. The van der Waals surface area contributed by atoms with Gasteiger partial charge in [-0.05, 0) is 29.1 Å². The Morgan fingerprint density at radius 1 is 0.833 bits per heavy atom. The topological polar surface area (TPSA) is 25.2 Å². The van der Waals surface area contributed by atoms with Crippen LogP contribution < -0.4 is 0 Å². The second kappa shape index (κ2) is 4.80. The van der Waals surface area contributed by atoms with Crippen LogP contribution in [-0.4, -0.2) is 11.2 Å². The predicted octanol–water partition coefficient (Wildman–Crippen LogP) is 3.99. The second-order valence-corrected chi connectivity index (χ2v) is 4.04. The number of hydrogen-bond acceptors (Lipinski definition) is 2. The van der Waals surface area contributed by atoms with Crippen LogP contribution in [0.4, 0.5) is 5.69 Å². The van der Waals surface area contributed by atoms with Crippen molar-refractivity contribution in [3.05, 3.63) is 72.6 Å². The van der Waals surface area contributed by atoms with Gasteiger partial charge in [-0.15, -0.1) is 0 Å². The van der Waals surface area contributed by atoms with Gasteiger partial charge < -0.3 is 0 Å². The number of pyridine rings is 1. The highest BCUT2D eigenvalue weighted by Crippen LogP contribution is 2.25. The van der Waals surface area contributed by atoms with E-state index in [-0.39, 0.29) is 0 Å². The minimum Gasteiger partial charge on any atom is -0.265 e. The van der Waals surface area contributed by atoms with E-state index in [0.717, 1.165) is 11.3 Å². The molecule has 0 fully saturated rings. The van der Waals surface area contributed by atoms with Crippen LogP contribution in [0.5, 0.6) is 0 Å². The molecule has 0 aliphatic carbocycles. The number of fused-ring (bicyclic) bond motifs is 1. The zero-order chi connectivity index (χ0) is 12.2. The van der Waals surface area contributed by atoms with E-state index in [9.17, 15) is 0 Å². The molecule has 0 saturated carbocycles. The standard InChI is InChI=1S/C16H12N2/c1-2-6-15-14(4-1)5-3-7-16(15)18-12-13-8-10-17-11-9-13/h1-12H. The number of hydrogen-bond donors (Lipinski definition) is 0. The molecule has 2 nitrogen and oxygen atoms in total. The van der Waals surface area contributed by atoms with Crippen molar-refractivity contribution in [2.24, 2.45) is 4.99 Å². The summed E-state index contributed by atoms with van der Waals surface area (Å²) in [5.74, 6) is 0. The van der Waals surface area contributed by atoms with E-state index < -0.39 is 0 Å². The van der Waals surface area contributed by atoms with Crippen LogP contribution in [0.15, 0.2) is 72.0 Å². The minimum atomic E-state index is 0.991. The van der Waals surface area contributed by atoms with E-state index in [0.29, 0.717) is 0 Å². The highest BCUT2D eigenvalue weighted by molar-refractivity contribution is 5.95. The fraction of sp³-hybridized carbons (Fsp3) is 0. The SMILES string of the molecule is C(=Nc1cccc2ccccc12)c1ccncc1. The van der Waals surface area contributed by atoms with Gasteiger partial charge in [0.2, 0.25) is 0 Å². The maximum absolute atomic E-state index is 4.55. The summed E-state index contributed by atoms with van der Waals surface area (Å²) in [5, 5.41) is 2.38. The van der Waals surface area contributed by atoms with Crippen LogP contribution in [0, 0.1) is 0 Å². The van der Waals surface area contributed by atoms with Crippen molar-refractivity contribution in [3.63, 3.8) is 0 Å². The van der Waals surface area contributed by atoms with E-state index >= 15 is 0 Å². The number of rotatable bonds is 2. The van der Waals surface area contributed by atoms with Crippen LogP contribution in [-0.2, 0) is 0 Å². The van der Waals surface area contributed by atoms with Crippen molar-refractivity contribution < 1.29 is 0 Å². The zero-order valence-electron chi connectivity index (χ0n) is 9.82. The van der Waals surface area contributed by atoms with Gasteiger partial charge >= 0.3 is 0 Å². The zero-order valence-corrected chi connectivity index (χ0v) is 9.82. The van der Waals surface area contributed by atoms with Gasteiger partial charge in [-0.1, -0.05) is 36.4 Å². The molecule has 0 amide bonds. The number of nitrogens with zero attached hydrogens (tertiary/aromatic N) is 2. The Kier molecular flexibility index (Phi) is 2.84. The molecular weight excluding hydrogens is 220 g/mol. The molecular formula is C16H12N2. The molecule has 0 bridgehead atoms. The van der Waals surface area contributed by atoms with Crippen molar-refractivity contribution in [3.8, 4) is 0 Å². The predicted molar refractivity (Wildman–Crippen MR) is 75.4 cm³/mol. The summed E-state index contributed by atoms with van der Waals surface area (Å²) in [4.78, 5) is 8.54. The number of aliphatic imine (C=N–C) groups is 1. The molecule has 1 heterocycles. The molecule has 0 saturated heterocycles. The lowest BCUT2D eigenvalue weighted by atomic mass is 10.1. The molecule has 0 atom stereocenters. The Balaban J connectivity index is 2.03. The Hall–Kier alpha value is -2.48. The van der Waals surface area contributed by atoms with Crippen LogP contribution in [0.3, 0.4) is 0 Å². The molecule has 0 aliphatic heterocycles. The van der Waals surface area contributed by atoms with Crippen LogP contribution in [0.1, 0.15) is 5.56 Å². The summed E-state index contributed by atoms with van der Waals surface area (Å²) in [6.45, 7) is 0. The number of benzene rings is 2. The van der Waals surface area contributed by atoms with Crippen molar-refractivity contribution in [2.75, 3.05) is 0 Å². The summed E-state index contributed by atoms with van der Waals surface area (Å²) in [6, 6.07) is 18.3. The maximum Gasteiger partial charge on any atom is 0.0708 e. The van der Waals surface area contributed by atoms with Gasteiger partial charge in [0.15, 0.2) is 0 Å². The van der Waals surface area contributed by atoms with E-state index in [4.69, 9.17) is 0 Å². The first-order chi connectivity index (χ1) is 8.93. The van der Waals surface area contributed by atoms with Crippen LogP contribution >= 0.6 is 0 Å². The first kappa shape index (κ1) is 10.7. The highest BCUT2D eigenvalue weighted by atomic mass is 14.7. The number of aromatic nitrogens is 1. The van der Waals surface area contributed by atoms with E-state index in [1.54, 1.807) is 12.4 Å². The quantitative estimate of drug-likeness (QED) is 0.613. The first-order valence-electron chi connectivity index (χ1n) is 5.85. The summed E-state index contributed by atoms with van der Waals surface area (Å²) in [5.41, 5.74) is 2.04. The van der Waals surface area contributed by atoms with Gasteiger partial charge in [-0.2, -0.15) is 0 Å². The summed E-state index contributed by atoms with van der Waals surface area (Å²) in [7, 11) is 0. The fourth-order valence-corrected chi connectivity index (χ4v) is 1.91. The van der Waals surface area contributed by atoms with Crippen molar-refractivity contribution in [1.29, 1.82) is 0 Å². The van der Waals surface area contributed by atoms with Crippen molar-refractivity contribution in [2.45, 2.75) is 0 Å². The molecule has 2 aromatic carbocycles. The summed E-state index contributed by atoms with van der Waals surface area (Å²) >= 11 is 0. The lowest BCUT2D eigenvalue weighted by Gasteiger charge is -2.00. The minimum absolute atomic E-state index is 0.991. The molecule has 0 aliphatic rings. The Labute approximate surface area is 106 Å². The third kappa shape index (κ3) is 2.13. The lowest BCUT2D eigenvalue weighted by molar-refractivity contribution is 1.32. The van der Waals surface area contributed by atoms with Gasteiger partial charge in [0.25, 0.3) is 0 Å². The lowest BCUT2D eigenvalue weighted by Crippen LogP contribution is -1.80. The van der Waals surface area contributed by atoms with Gasteiger partial charge in [0, 0.05) is 24.0 Å². The highest BCUT2D eigenvalue weighted by Gasteiger charge is 1.97. The average molecular weight is 232 g/mol. The van der Waals surface area contributed by atoms with Gasteiger partial charge in [-0.3, -0.25) is 9.98 Å². The van der Waals surface area contributed by atoms with E-state index in [2.05, 4.69) is 28.2 Å². The Bertz CT molecular complexity index is 682. The largest absolute Gasteiger partial charge is 0.265 e. The monoisotopic (exact) mass is 232 g/mol. The van der Waals surface area contributed by atoms with Gasteiger partial charge in [0.05, 0.1) is 5.69 Å². The van der Waals surface area contributed by atoms with Gasteiger partial charge in [0.1, 0.15) is 0 Å². The van der Waals surface area contributed by atoms with E-state index in [1.807, 2.05) is 42.6 Å². The van der Waals surface area contributed by atoms with Crippen LogP contribution in [0.2, 0.25) is 0 Å². The summed E-state index contributed by atoms with van der Waals surface area (Å²) < 4.78 is 0. The molecule has 3 aromatic rings. The molecule has 0 unspecified atom stereocenters. The molecule has 3 rings (SSSR count). The summed E-state index contributed by atoms with van der Waals surface area (Å²) in [6.07, 6.45) is 5.40. The maximum atomic E-state index is 4.55. The Morgan fingerprint density at radius 2 is 1.61 bits per heavy atom. The molecule has 2 heteroatoms. The van der Waals surface area contributed by atoms with Crippen LogP contribution in [0.25, 0.3) is 10.8 Å². The van der Waals surface area contributed by atoms with Crippen molar-refractivity contribution >= 4 is 22.7 Å². The molecule has 0 spiro atoms. The first-order valence-corrected chi connectivity index (χ1v) is 5.85. The average Bonchev–Trinajstić information content (AvgIpc) is 2.46. The molecule has 18 heavy (non-hydrogen) atoms. The van der Waals surface area contributed by atoms with E-state index in [1.165, 1.54) is 10.8 Å².